The standard InChI is InChI=1S/C18H28O8/c1-5-7-11-23-17(21)13(3)25-15(19)9-10-16(20)26-14(4)18(22)24-12-8-6-2/h9-10,13-14H,5-8,11-12H2,1-4H3. The van der Waals surface area contributed by atoms with Gasteiger partial charge in [0.05, 0.1) is 13.2 Å². The molecule has 0 spiro atoms. The first-order chi connectivity index (χ1) is 12.3. The van der Waals surface area contributed by atoms with E-state index in [1.165, 1.54) is 13.8 Å². The Bertz CT molecular complexity index is 453. The average molecular weight is 372 g/mol. The molecule has 0 aromatic rings. The lowest BCUT2D eigenvalue weighted by molar-refractivity contribution is -0.164. The molecule has 2 unspecified atom stereocenters. The highest BCUT2D eigenvalue weighted by atomic mass is 16.6. The van der Waals surface area contributed by atoms with Crippen LogP contribution in [-0.2, 0) is 38.1 Å². The number of ether oxygens (including phenoxy) is 4. The summed E-state index contributed by atoms with van der Waals surface area (Å²) in [6.07, 6.45) is 2.63. The Morgan fingerprint density at radius 2 is 1.08 bits per heavy atom. The lowest BCUT2D eigenvalue weighted by atomic mass is 10.3. The summed E-state index contributed by atoms with van der Waals surface area (Å²) in [4.78, 5) is 46.2. The van der Waals surface area contributed by atoms with Gasteiger partial charge in [-0.1, -0.05) is 26.7 Å². The minimum Gasteiger partial charge on any atom is -0.463 e. The van der Waals surface area contributed by atoms with Gasteiger partial charge in [0, 0.05) is 12.2 Å². The van der Waals surface area contributed by atoms with Crippen LogP contribution >= 0.6 is 0 Å². The van der Waals surface area contributed by atoms with Gasteiger partial charge in [0.1, 0.15) is 0 Å². The number of carbonyl (C=O) groups is 4. The Hall–Kier alpha value is -2.38. The van der Waals surface area contributed by atoms with E-state index in [4.69, 9.17) is 18.9 Å². The maximum Gasteiger partial charge on any atom is 0.347 e. The fraction of sp³-hybridized carbons (Fsp3) is 0.667. The van der Waals surface area contributed by atoms with Crippen molar-refractivity contribution in [3.8, 4) is 0 Å². The summed E-state index contributed by atoms with van der Waals surface area (Å²) in [7, 11) is 0. The van der Waals surface area contributed by atoms with Gasteiger partial charge >= 0.3 is 23.9 Å². The van der Waals surface area contributed by atoms with Gasteiger partial charge in [0.25, 0.3) is 0 Å². The van der Waals surface area contributed by atoms with Crippen molar-refractivity contribution >= 4 is 23.9 Å². The van der Waals surface area contributed by atoms with Crippen molar-refractivity contribution in [3.63, 3.8) is 0 Å². The van der Waals surface area contributed by atoms with Crippen LogP contribution in [0.4, 0.5) is 0 Å². The highest BCUT2D eigenvalue weighted by Gasteiger charge is 2.20. The van der Waals surface area contributed by atoms with Crippen LogP contribution in [0.25, 0.3) is 0 Å². The fourth-order valence-corrected chi connectivity index (χ4v) is 1.53. The van der Waals surface area contributed by atoms with Gasteiger partial charge in [-0.15, -0.1) is 0 Å². The predicted molar refractivity (Wildman–Crippen MR) is 92.0 cm³/mol. The molecule has 0 bridgehead atoms. The highest BCUT2D eigenvalue weighted by Crippen LogP contribution is 2.01. The zero-order valence-electron chi connectivity index (χ0n) is 15.8. The van der Waals surface area contributed by atoms with E-state index in [2.05, 4.69) is 0 Å². The second-order valence-corrected chi connectivity index (χ2v) is 5.53. The minimum absolute atomic E-state index is 0.256. The van der Waals surface area contributed by atoms with Crippen molar-refractivity contribution in [1.82, 2.24) is 0 Å². The maximum absolute atomic E-state index is 11.6. The Balaban J connectivity index is 4.23. The first kappa shape index (κ1) is 23.6. The van der Waals surface area contributed by atoms with Crippen molar-refractivity contribution in [1.29, 1.82) is 0 Å². The summed E-state index contributed by atoms with van der Waals surface area (Å²) in [5.41, 5.74) is 0. The number of hydrogen-bond acceptors (Lipinski definition) is 8. The number of esters is 4. The molecule has 26 heavy (non-hydrogen) atoms. The zero-order valence-corrected chi connectivity index (χ0v) is 15.8. The molecule has 0 aromatic heterocycles. The van der Waals surface area contributed by atoms with Gasteiger partial charge in [-0.05, 0) is 26.7 Å². The van der Waals surface area contributed by atoms with Crippen LogP contribution in [0.1, 0.15) is 53.4 Å². The van der Waals surface area contributed by atoms with Crippen molar-refractivity contribution in [2.75, 3.05) is 13.2 Å². The summed E-state index contributed by atoms with van der Waals surface area (Å²) >= 11 is 0. The molecule has 0 rings (SSSR count). The van der Waals surface area contributed by atoms with Gasteiger partial charge < -0.3 is 18.9 Å². The van der Waals surface area contributed by atoms with Gasteiger partial charge in [0.2, 0.25) is 0 Å². The van der Waals surface area contributed by atoms with E-state index >= 15 is 0 Å². The quantitative estimate of drug-likeness (QED) is 0.222. The number of carbonyl (C=O) groups excluding carboxylic acids is 4. The normalized spacial score (nSPS) is 12.9. The van der Waals surface area contributed by atoms with Crippen LogP contribution in [0.2, 0.25) is 0 Å². The molecule has 8 nitrogen and oxygen atoms in total. The highest BCUT2D eigenvalue weighted by molar-refractivity contribution is 5.93. The van der Waals surface area contributed by atoms with Crippen molar-refractivity contribution < 1.29 is 38.1 Å². The molecule has 0 saturated heterocycles. The van der Waals surface area contributed by atoms with Crippen molar-refractivity contribution in [3.05, 3.63) is 12.2 Å². The maximum atomic E-state index is 11.6. The molecule has 0 fully saturated rings. The third-order valence-electron chi connectivity index (χ3n) is 3.09. The van der Waals surface area contributed by atoms with Crippen LogP contribution in [0.15, 0.2) is 12.2 Å². The van der Waals surface area contributed by atoms with E-state index in [1.54, 1.807) is 0 Å². The van der Waals surface area contributed by atoms with Crippen LogP contribution in [0, 0.1) is 0 Å². The topological polar surface area (TPSA) is 105 Å². The Morgan fingerprint density at radius 1 is 0.731 bits per heavy atom. The van der Waals surface area contributed by atoms with E-state index in [-0.39, 0.29) is 13.2 Å². The molecule has 0 aromatic carbocycles. The molecule has 0 amide bonds. The molecule has 0 N–H and O–H groups in total. The molecule has 0 radical (unpaired) electrons. The molecule has 8 heteroatoms. The number of hydrogen-bond donors (Lipinski definition) is 0. The van der Waals surface area contributed by atoms with Crippen LogP contribution in [-0.4, -0.2) is 49.3 Å². The lowest BCUT2D eigenvalue weighted by Gasteiger charge is -2.12. The largest absolute Gasteiger partial charge is 0.463 e. The van der Waals surface area contributed by atoms with Gasteiger partial charge in [-0.25, -0.2) is 19.2 Å². The molecular formula is C18H28O8. The van der Waals surface area contributed by atoms with E-state index < -0.39 is 36.1 Å². The second-order valence-electron chi connectivity index (χ2n) is 5.53. The third kappa shape index (κ3) is 11.2. The summed E-state index contributed by atoms with van der Waals surface area (Å²) in [5.74, 6) is -3.13. The van der Waals surface area contributed by atoms with E-state index in [0.717, 1.165) is 37.8 Å². The van der Waals surface area contributed by atoms with Crippen molar-refractivity contribution in [2.45, 2.75) is 65.6 Å². The molecule has 0 aliphatic carbocycles. The molecule has 2 atom stereocenters. The lowest BCUT2D eigenvalue weighted by Crippen LogP contribution is -2.27. The average Bonchev–Trinajstić information content (AvgIpc) is 2.60. The summed E-state index contributed by atoms with van der Waals surface area (Å²) in [5, 5.41) is 0. The van der Waals surface area contributed by atoms with Gasteiger partial charge in [-0.3, -0.25) is 0 Å². The van der Waals surface area contributed by atoms with Crippen molar-refractivity contribution in [2.24, 2.45) is 0 Å². The molecular weight excluding hydrogens is 344 g/mol. The smallest absolute Gasteiger partial charge is 0.347 e. The number of rotatable bonds is 12. The Morgan fingerprint density at radius 3 is 1.38 bits per heavy atom. The van der Waals surface area contributed by atoms with Gasteiger partial charge in [-0.2, -0.15) is 0 Å². The number of unbranched alkanes of at least 4 members (excludes halogenated alkanes) is 2. The molecule has 0 aliphatic heterocycles. The first-order valence-electron chi connectivity index (χ1n) is 8.74. The molecule has 0 heterocycles. The van der Waals surface area contributed by atoms with Gasteiger partial charge in [0.15, 0.2) is 12.2 Å². The monoisotopic (exact) mass is 372 g/mol. The van der Waals surface area contributed by atoms with E-state index in [0.29, 0.717) is 0 Å². The third-order valence-corrected chi connectivity index (χ3v) is 3.09. The SMILES string of the molecule is CCCCOC(=O)C(C)OC(=O)C=CC(=O)OC(C)C(=O)OCCCC. The second kappa shape index (κ2) is 13.9. The molecule has 0 saturated carbocycles. The van der Waals surface area contributed by atoms with Crippen LogP contribution in [0.5, 0.6) is 0 Å². The first-order valence-corrected chi connectivity index (χ1v) is 8.74. The molecule has 0 aliphatic rings. The predicted octanol–water partition coefficient (Wildman–Crippen LogP) is 2.09. The van der Waals surface area contributed by atoms with Crippen LogP contribution < -0.4 is 0 Å². The minimum atomic E-state index is -1.09. The fourth-order valence-electron chi connectivity index (χ4n) is 1.53. The van der Waals surface area contributed by atoms with Crippen LogP contribution in [0.3, 0.4) is 0 Å². The van der Waals surface area contributed by atoms with E-state index in [9.17, 15) is 19.2 Å². The Labute approximate surface area is 153 Å². The summed E-state index contributed by atoms with van der Waals surface area (Å²) in [6, 6.07) is 0. The molecule has 148 valence electrons. The summed E-state index contributed by atoms with van der Waals surface area (Å²) < 4.78 is 19.4. The zero-order chi connectivity index (χ0) is 19.9. The Kier molecular flexibility index (Phi) is 12.6. The van der Waals surface area contributed by atoms with E-state index in [1.807, 2.05) is 13.8 Å². The summed E-state index contributed by atoms with van der Waals surface area (Å²) in [6.45, 7) is 7.15.